The lowest BCUT2D eigenvalue weighted by atomic mass is 10.1. The number of fused-ring (bicyclic) bond motifs is 3. The van der Waals surface area contributed by atoms with Crippen LogP contribution in [0, 0.1) is 17.7 Å². The van der Waals surface area contributed by atoms with Crippen molar-refractivity contribution in [1.82, 2.24) is 0 Å². The molecule has 1 aliphatic carbocycles. The van der Waals surface area contributed by atoms with Crippen molar-refractivity contribution in [3.63, 3.8) is 0 Å². The zero-order valence-corrected chi connectivity index (χ0v) is 8.51. The van der Waals surface area contributed by atoms with E-state index in [1.807, 2.05) is 0 Å². The van der Waals surface area contributed by atoms with Crippen molar-refractivity contribution < 1.29 is 9.13 Å². The van der Waals surface area contributed by atoms with E-state index in [0.29, 0.717) is 35.1 Å². The molecule has 74 valence electrons. The van der Waals surface area contributed by atoms with Gasteiger partial charge in [-0.15, -0.1) is 0 Å². The van der Waals surface area contributed by atoms with Crippen LogP contribution in [0.5, 0.6) is 5.75 Å². The van der Waals surface area contributed by atoms with Crippen LogP contribution in [0.15, 0.2) is 12.1 Å². The third-order valence-electron chi connectivity index (χ3n) is 3.41. The largest absolute Gasteiger partial charge is 0.490 e. The van der Waals surface area contributed by atoms with E-state index in [-0.39, 0.29) is 5.82 Å². The number of halogens is 2. The molecule has 14 heavy (non-hydrogen) atoms. The van der Waals surface area contributed by atoms with Gasteiger partial charge in [-0.05, 0) is 24.0 Å². The van der Waals surface area contributed by atoms with Crippen LogP contribution < -0.4 is 4.74 Å². The Morgan fingerprint density at radius 3 is 3.07 bits per heavy atom. The summed E-state index contributed by atoms with van der Waals surface area (Å²) in [5.74, 6) is 1.63. The maximum Gasteiger partial charge on any atom is 0.165 e. The quantitative estimate of drug-likeness (QED) is 0.642. The lowest BCUT2D eigenvalue weighted by Gasteiger charge is -2.17. The lowest BCUT2D eigenvalue weighted by Crippen LogP contribution is -2.10. The van der Waals surface area contributed by atoms with Gasteiger partial charge in [0, 0.05) is 16.5 Å². The van der Waals surface area contributed by atoms with E-state index in [2.05, 4.69) is 6.92 Å². The first-order chi connectivity index (χ1) is 6.70. The molecule has 1 saturated carbocycles. The summed E-state index contributed by atoms with van der Waals surface area (Å²) in [5, 5.41) is 0.639. The smallest absolute Gasteiger partial charge is 0.165 e. The molecule has 3 heteroatoms. The Bertz CT molecular complexity index is 405. The molecular weight excluding hydrogens is 203 g/mol. The third kappa shape index (κ3) is 0.949. The molecule has 2 aliphatic rings. The molecule has 0 aromatic heterocycles. The van der Waals surface area contributed by atoms with Crippen LogP contribution in [-0.2, 0) is 0 Å². The van der Waals surface area contributed by atoms with Gasteiger partial charge in [-0.2, -0.15) is 0 Å². The predicted octanol–water partition coefficient (Wildman–Crippen LogP) is 3.22. The second kappa shape index (κ2) is 2.63. The van der Waals surface area contributed by atoms with Crippen LogP contribution in [0.4, 0.5) is 4.39 Å². The first kappa shape index (κ1) is 8.54. The molecule has 3 atom stereocenters. The van der Waals surface area contributed by atoms with E-state index in [4.69, 9.17) is 16.3 Å². The highest BCUT2D eigenvalue weighted by molar-refractivity contribution is 6.31. The van der Waals surface area contributed by atoms with E-state index in [9.17, 15) is 4.39 Å². The van der Waals surface area contributed by atoms with Crippen LogP contribution in [0.25, 0.3) is 0 Å². The molecule has 1 aromatic carbocycles. The molecule has 1 heterocycles. The molecular formula is C11H10ClFO. The molecule has 0 bridgehead atoms. The van der Waals surface area contributed by atoms with Crippen LogP contribution in [0.1, 0.15) is 18.4 Å². The fraction of sp³-hybridized carbons (Fsp3) is 0.455. The molecule has 0 N–H and O–H groups in total. The predicted molar refractivity (Wildman–Crippen MR) is 52.3 cm³/mol. The highest BCUT2D eigenvalue weighted by Crippen LogP contribution is 2.60. The zero-order chi connectivity index (χ0) is 9.87. The van der Waals surface area contributed by atoms with Crippen molar-refractivity contribution in [3.8, 4) is 5.75 Å². The third-order valence-corrected chi connectivity index (χ3v) is 3.74. The van der Waals surface area contributed by atoms with Crippen LogP contribution in [0.2, 0.25) is 5.02 Å². The Labute approximate surface area is 86.8 Å². The fourth-order valence-electron chi connectivity index (χ4n) is 2.46. The van der Waals surface area contributed by atoms with E-state index in [1.165, 1.54) is 6.07 Å². The van der Waals surface area contributed by atoms with Crippen LogP contribution in [0.3, 0.4) is 0 Å². The van der Waals surface area contributed by atoms with Crippen molar-refractivity contribution in [2.45, 2.75) is 12.8 Å². The maximum absolute atomic E-state index is 13.4. The second-order valence-electron chi connectivity index (χ2n) is 4.13. The van der Waals surface area contributed by atoms with E-state index >= 15 is 0 Å². The average molecular weight is 213 g/mol. The summed E-state index contributed by atoms with van der Waals surface area (Å²) in [4.78, 5) is 0. The summed E-state index contributed by atoms with van der Waals surface area (Å²) >= 11 is 6.05. The summed E-state index contributed by atoms with van der Waals surface area (Å²) in [6, 6.07) is 2.99. The van der Waals surface area contributed by atoms with Gasteiger partial charge < -0.3 is 4.74 Å². The second-order valence-corrected chi connectivity index (χ2v) is 4.54. The molecule has 0 amide bonds. The summed E-state index contributed by atoms with van der Waals surface area (Å²) in [6.45, 7) is 2.80. The van der Waals surface area contributed by atoms with Crippen molar-refractivity contribution in [1.29, 1.82) is 0 Å². The van der Waals surface area contributed by atoms with E-state index < -0.39 is 0 Å². The highest BCUT2D eigenvalue weighted by Gasteiger charge is 2.53. The number of hydrogen-bond donors (Lipinski definition) is 0. The van der Waals surface area contributed by atoms with Gasteiger partial charge >= 0.3 is 0 Å². The number of hydrogen-bond acceptors (Lipinski definition) is 1. The standard InChI is InChI=1S/C11H10ClFO/c1-5-6-4-14-11-8(13)3-2-7(12)10(11)9(5)6/h2-3,5-6,9H,4H2,1H3/t5-,6+,9-/m1/s1. The topological polar surface area (TPSA) is 9.23 Å². The zero-order valence-electron chi connectivity index (χ0n) is 7.76. The molecule has 0 saturated heterocycles. The lowest BCUT2D eigenvalue weighted by molar-refractivity contribution is 0.262. The SMILES string of the molecule is C[C@@H]1[C@@H]2COc3c(F)ccc(Cl)c3[C@H]12. The molecule has 3 rings (SSSR count). The Morgan fingerprint density at radius 2 is 2.29 bits per heavy atom. The first-order valence-electron chi connectivity index (χ1n) is 4.81. The van der Waals surface area contributed by atoms with Gasteiger partial charge in [-0.3, -0.25) is 0 Å². The Morgan fingerprint density at radius 1 is 1.50 bits per heavy atom. The minimum Gasteiger partial charge on any atom is -0.490 e. The maximum atomic E-state index is 13.4. The van der Waals surface area contributed by atoms with Gasteiger partial charge in [0.05, 0.1) is 6.61 Å². The number of ether oxygens (including phenoxy) is 1. The summed E-state index contributed by atoms with van der Waals surface area (Å²) in [7, 11) is 0. The average Bonchev–Trinajstić information content (AvgIpc) is 2.84. The van der Waals surface area contributed by atoms with Crippen molar-refractivity contribution in [2.24, 2.45) is 11.8 Å². The number of rotatable bonds is 0. The Hall–Kier alpha value is -0.760. The van der Waals surface area contributed by atoms with Crippen LogP contribution in [-0.4, -0.2) is 6.61 Å². The van der Waals surface area contributed by atoms with Crippen molar-refractivity contribution >= 4 is 11.6 Å². The van der Waals surface area contributed by atoms with Gasteiger partial charge in [-0.25, -0.2) is 4.39 Å². The van der Waals surface area contributed by atoms with E-state index in [0.717, 1.165) is 5.56 Å². The normalized spacial score (nSPS) is 32.9. The highest BCUT2D eigenvalue weighted by atomic mass is 35.5. The minimum atomic E-state index is -0.290. The molecule has 1 aliphatic heterocycles. The van der Waals surface area contributed by atoms with Gasteiger partial charge in [0.15, 0.2) is 11.6 Å². The fourth-order valence-corrected chi connectivity index (χ4v) is 2.74. The number of benzene rings is 1. The molecule has 1 fully saturated rings. The van der Waals surface area contributed by atoms with E-state index in [1.54, 1.807) is 6.07 Å². The molecule has 1 nitrogen and oxygen atoms in total. The molecule has 0 spiro atoms. The Balaban J connectivity index is 2.19. The molecule has 0 radical (unpaired) electrons. The summed E-state index contributed by atoms with van der Waals surface area (Å²) in [6.07, 6.45) is 0. The first-order valence-corrected chi connectivity index (χ1v) is 5.18. The molecule has 1 aromatic rings. The van der Waals surface area contributed by atoms with Gasteiger partial charge in [0.1, 0.15) is 0 Å². The van der Waals surface area contributed by atoms with Crippen LogP contribution >= 0.6 is 11.6 Å². The Kier molecular flexibility index (Phi) is 1.61. The summed E-state index contributed by atoms with van der Waals surface area (Å²) in [5.41, 5.74) is 0.885. The van der Waals surface area contributed by atoms with Gasteiger partial charge in [0.2, 0.25) is 0 Å². The minimum absolute atomic E-state index is 0.290. The van der Waals surface area contributed by atoms with Gasteiger partial charge in [0.25, 0.3) is 0 Å². The van der Waals surface area contributed by atoms with Crippen molar-refractivity contribution in [3.05, 3.63) is 28.5 Å². The monoisotopic (exact) mass is 212 g/mol. The van der Waals surface area contributed by atoms with Crippen molar-refractivity contribution in [2.75, 3.05) is 6.61 Å². The van der Waals surface area contributed by atoms with Gasteiger partial charge in [-0.1, -0.05) is 18.5 Å². The summed E-state index contributed by atoms with van der Waals surface area (Å²) < 4.78 is 18.8. The molecule has 0 unspecified atom stereocenters.